The first-order valence-corrected chi connectivity index (χ1v) is 6.55. The molecule has 1 aromatic heterocycles. The summed E-state index contributed by atoms with van der Waals surface area (Å²) in [4.78, 5) is 1.36. The minimum absolute atomic E-state index is 0.353. The summed E-state index contributed by atoms with van der Waals surface area (Å²) in [5.41, 5.74) is 1.24. The lowest BCUT2D eigenvalue weighted by Crippen LogP contribution is -2.17. The molecule has 3 heteroatoms. The highest BCUT2D eigenvalue weighted by Gasteiger charge is 2.13. The van der Waals surface area contributed by atoms with Crippen molar-refractivity contribution in [1.29, 1.82) is 0 Å². The molecule has 2 nitrogen and oxygen atoms in total. The Bertz CT molecular complexity index is 453. The third-order valence-corrected chi connectivity index (χ3v) is 3.84. The van der Waals surface area contributed by atoms with E-state index in [1.165, 1.54) is 10.4 Å². The molecule has 1 N–H and O–H groups in total. The molecule has 0 saturated heterocycles. The molecule has 0 amide bonds. The molecule has 90 valence electrons. The van der Waals surface area contributed by atoms with Gasteiger partial charge in [-0.15, -0.1) is 11.3 Å². The fraction of sp³-hybridized carbons (Fsp3) is 0.286. The van der Waals surface area contributed by atoms with Gasteiger partial charge in [0, 0.05) is 10.9 Å². The number of hydrogen-bond donors (Lipinski definition) is 1. The van der Waals surface area contributed by atoms with Gasteiger partial charge in [0.2, 0.25) is 0 Å². The maximum atomic E-state index is 5.38. The molecule has 2 rings (SSSR count). The standard InChI is InChI=1S/C14H17NOS/c1-15-12(14-8-5-9-17-14)10-11-6-3-4-7-13(11)16-2/h3-9,12,15H,10H2,1-2H3. The van der Waals surface area contributed by atoms with E-state index in [0.29, 0.717) is 6.04 Å². The summed E-state index contributed by atoms with van der Waals surface area (Å²) in [5.74, 6) is 0.962. The van der Waals surface area contributed by atoms with Crippen LogP contribution in [-0.4, -0.2) is 14.2 Å². The molecule has 0 aliphatic rings. The topological polar surface area (TPSA) is 21.3 Å². The molecule has 1 aromatic carbocycles. The van der Waals surface area contributed by atoms with Crippen molar-refractivity contribution in [1.82, 2.24) is 5.32 Å². The third kappa shape index (κ3) is 2.87. The van der Waals surface area contributed by atoms with Crippen molar-refractivity contribution in [2.75, 3.05) is 14.2 Å². The number of rotatable bonds is 5. The van der Waals surface area contributed by atoms with Gasteiger partial charge >= 0.3 is 0 Å². The Morgan fingerprint density at radius 1 is 1.24 bits per heavy atom. The van der Waals surface area contributed by atoms with Crippen LogP contribution in [0.5, 0.6) is 5.75 Å². The number of likely N-dealkylation sites (N-methyl/N-ethyl adjacent to an activating group) is 1. The smallest absolute Gasteiger partial charge is 0.122 e. The van der Waals surface area contributed by atoms with Gasteiger partial charge in [0.25, 0.3) is 0 Å². The fourth-order valence-electron chi connectivity index (χ4n) is 1.93. The van der Waals surface area contributed by atoms with Crippen LogP contribution >= 0.6 is 11.3 Å². The van der Waals surface area contributed by atoms with E-state index in [4.69, 9.17) is 4.74 Å². The second-order valence-corrected chi connectivity index (χ2v) is 4.85. The van der Waals surface area contributed by atoms with E-state index < -0.39 is 0 Å². The Labute approximate surface area is 106 Å². The van der Waals surface area contributed by atoms with Crippen LogP contribution in [0.15, 0.2) is 41.8 Å². The van der Waals surface area contributed by atoms with Gasteiger partial charge in [0.05, 0.1) is 7.11 Å². The van der Waals surface area contributed by atoms with E-state index in [1.807, 2.05) is 19.2 Å². The van der Waals surface area contributed by atoms with Crippen molar-refractivity contribution in [3.63, 3.8) is 0 Å². The Morgan fingerprint density at radius 2 is 2.06 bits per heavy atom. The first kappa shape index (κ1) is 12.1. The molecule has 2 aromatic rings. The summed E-state index contributed by atoms with van der Waals surface area (Å²) < 4.78 is 5.38. The lowest BCUT2D eigenvalue weighted by atomic mass is 10.0. The van der Waals surface area contributed by atoms with E-state index >= 15 is 0 Å². The highest BCUT2D eigenvalue weighted by atomic mass is 32.1. The Morgan fingerprint density at radius 3 is 2.71 bits per heavy atom. The van der Waals surface area contributed by atoms with E-state index in [9.17, 15) is 0 Å². The third-order valence-electron chi connectivity index (χ3n) is 2.85. The Kier molecular flexibility index (Phi) is 4.18. The van der Waals surface area contributed by atoms with Crippen LogP contribution in [0.1, 0.15) is 16.5 Å². The molecule has 0 bridgehead atoms. The van der Waals surface area contributed by atoms with Gasteiger partial charge in [-0.05, 0) is 36.5 Å². The zero-order valence-electron chi connectivity index (χ0n) is 10.1. The van der Waals surface area contributed by atoms with E-state index in [1.54, 1.807) is 18.4 Å². The highest BCUT2D eigenvalue weighted by Crippen LogP contribution is 2.26. The number of hydrogen-bond acceptors (Lipinski definition) is 3. The maximum absolute atomic E-state index is 5.38. The predicted molar refractivity (Wildman–Crippen MR) is 72.8 cm³/mol. The molecule has 0 aliphatic carbocycles. The van der Waals surface area contributed by atoms with Crippen molar-refractivity contribution >= 4 is 11.3 Å². The van der Waals surface area contributed by atoms with Gasteiger partial charge in [0.1, 0.15) is 5.75 Å². The summed E-state index contributed by atoms with van der Waals surface area (Å²) >= 11 is 1.78. The number of para-hydroxylation sites is 1. The zero-order valence-corrected chi connectivity index (χ0v) is 11.0. The normalized spacial score (nSPS) is 12.4. The summed E-state index contributed by atoms with van der Waals surface area (Å²) in [5, 5.41) is 5.47. The molecular weight excluding hydrogens is 230 g/mol. The van der Waals surface area contributed by atoms with Gasteiger partial charge in [0.15, 0.2) is 0 Å². The Balaban J connectivity index is 2.18. The average Bonchev–Trinajstić information content (AvgIpc) is 2.90. The summed E-state index contributed by atoms with van der Waals surface area (Å²) in [6, 6.07) is 12.8. The van der Waals surface area contributed by atoms with Gasteiger partial charge < -0.3 is 10.1 Å². The van der Waals surface area contributed by atoms with Crippen LogP contribution in [0.4, 0.5) is 0 Å². The minimum Gasteiger partial charge on any atom is -0.496 e. The van der Waals surface area contributed by atoms with Crippen molar-refractivity contribution in [3.8, 4) is 5.75 Å². The van der Waals surface area contributed by atoms with Crippen molar-refractivity contribution in [3.05, 3.63) is 52.2 Å². The summed E-state index contributed by atoms with van der Waals surface area (Å²) in [6.07, 6.45) is 0.945. The maximum Gasteiger partial charge on any atom is 0.122 e. The fourth-order valence-corrected chi connectivity index (χ4v) is 2.76. The van der Waals surface area contributed by atoms with Crippen LogP contribution < -0.4 is 10.1 Å². The molecule has 0 spiro atoms. The molecule has 0 saturated carbocycles. The van der Waals surface area contributed by atoms with E-state index in [-0.39, 0.29) is 0 Å². The van der Waals surface area contributed by atoms with Gasteiger partial charge in [-0.2, -0.15) is 0 Å². The SMILES string of the molecule is CNC(Cc1ccccc1OC)c1cccs1. The number of ether oxygens (including phenoxy) is 1. The van der Waals surface area contributed by atoms with Crippen LogP contribution in [0, 0.1) is 0 Å². The Hall–Kier alpha value is -1.32. The van der Waals surface area contributed by atoms with Crippen molar-refractivity contribution in [2.45, 2.75) is 12.5 Å². The van der Waals surface area contributed by atoms with Gasteiger partial charge in [-0.25, -0.2) is 0 Å². The molecule has 1 unspecified atom stereocenters. The zero-order chi connectivity index (χ0) is 12.1. The number of thiophene rings is 1. The van der Waals surface area contributed by atoms with Crippen molar-refractivity contribution in [2.24, 2.45) is 0 Å². The average molecular weight is 247 g/mol. The molecule has 0 radical (unpaired) electrons. The van der Waals surface area contributed by atoms with Crippen LogP contribution in [-0.2, 0) is 6.42 Å². The lowest BCUT2D eigenvalue weighted by Gasteiger charge is -2.16. The summed E-state index contributed by atoms with van der Waals surface area (Å²) in [6.45, 7) is 0. The monoisotopic (exact) mass is 247 g/mol. The molecule has 0 aliphatic heterocycles. The highest BCUT2D eigenvalue weighted by molar-refractivity contribution is 7.10. The van der Waals surface area contributed by atoms with E-state index in [2.05, 4.69) is 35.0 Å². The van der Waals surface area contributed by atoms with Crippen LogP contribution in [0.3, 0.4) is 0 Å². The molecule has 17 heavy (non-hydrogen) atoms. The van der Waals surface area contributed by atoms with Crippen molar-refractivity contribution < 1.29 is 4.74 Å². The minimum atomic E-state index is 0.353. The second-order valence-electron chi connectivity index (χ2n) is 3.87. The summed E-state index contributed by atoms with van der Waals surface area (Å²) in [7, 11) is 3.72. The van der Waals surface area contributed by atoms with Gasteiger partial charge in [-0.1, -0.05) is 24.3 Å². The van der Waals surface area contributed by atoms with E-state index in [0.717, 1.165) is 12.2 Å². The first-order chi connectivity index (χ1) is 8.35. The second kappa shape index (κ2) is 5.84. The molecule has 1 atom stereocenters. The number of methoxy groups -OCH3 is 1. The number of benzene rings is 1. The quantitative estimate of drug-likeness (QED) is 0.875. The number of nitrogens with one attached hydrogen (secondary N) is 1. The molecule has 0 fully saturated rings. The van der Waals surface area contributed by atoms with Gasteiger partial charge in [-0.3, -0.25) is 0 Å². The molecular formula is C14H17NOS. The van der Waals surface area contributed by atoms with Crippen LogP contribution in [0.2, 0.25) is 0 Å². The molecule has 1 heterocycles. The van der Waals surface area contributed by atoms with Crippen LogP contribution in [0.25, 0.3) is 0 Å². The first-order valence-electron chi connectivity index (χ1n) is 5.67. The predicted octanol–water partition coefficient (Wildman–Crippen LogP) is 3.26. The largest absolute Gasteiger partial charge is 0.496 e. The lowest BCUT2D eigenvalue weighted by molar-refractivity contribution is 0.406.